The quantitative estimate of drug-likeness (QED) is 0.702. The predicted octanol–water partition coefficient (Wildman–Crippen LogP) is -0.233. The summed E-state index contributed by atoms with van der Waals surface area (Å²) in [6.07, 6.45) is 5.09. The third-order valence-corrected chi connectivity index (χ3v) is 2.77. The molecule has 0 aromatic carbocycles. The standard InChI is InChI=1S/C10H16N4O/c11-7-10(15)3-1-6-14(8-10)9-12-4-2-5-13-9/h2,4-5,15H,1,3,6-8,11H2. The van der Waals surface area contributed by atoms with Gasteiger partial charge in [-0.3, -0.25) is 0 Å². The van der Waals surface area contributed by atoms with Crippen LogP contribution in [0.2, 0.25) is 0 Å². The summed E-state index contributed by atoms with van der Waals surface area (Å²) in [7, 11) is 0. The van der Waals surface area contributed by atoms with Gasteiger partial charge in [0.25, 0.3) is 0 Å². The third-order valence-electron chi connectivity index (χ3n) is 2.77. The monoisotopic (exact) mass is 208 g/mol. The molecule has 0 amide bonds. The highest BCUT2D eigenvalue weighted by atomic mass is 16.3. The first kappa shape index (κ1) is 10.3. The second-order valence-corrected chi connectivity index (χ2v) is 4.00. The SMILES string of the molecule is NCC1(O)CCCN(c2ncccn2)C1. The second-order valence-electron chi connectivity index (χ2n) is 4.00. The Hall–Kier alpha value is -1.20. The number of hydrogen-bond acceptors (Lipinski definition) is 5. The Morgan fingerprint density at radius 2 is 2.20 bits per heavy atom. The van der Waals surface area contributed by atoms with Crippen molar-refractivity contribution in [2.75, 3.05) is 24.5 Å². The average Bonchev–Trinajstić information content (AvgIpc) is 2.30. The lowest BCUT2D eigenvalue weighted by molar-refractivity contribution is 0.0342. The minimum absolute atomic E-state index is 0.288. The summed E-state index contributed by atoms with van der Waals surface area (Å²) in [5.74, 6) is 0.670. The van der Waals surface area contributed by atoms with Gasteiger partial charge in [-0.1, -0.05) is 0 Å². The summed E-state index contributed by atoms with van der Waals surface area (Å²) in [5, 5.41) is 10.1. The summed E-state index contributed by atoms with van der Waals surface area (Å²) in [5.41, 5.74) is 4.78. The molecule has 5 nitrogen and oxygen atoms in total. The predicted molar refractivity (Wildman–Crippen MR) is 57.5 cm³/mol. The molecule has 1 aliphatic rings. The van der Waals surface area contributed by atoms with E-state index in [1.807, 2.05) is 4.90 Å². The van der Waals surface area contributed by atoms with Gasteiger partial charge in [-0.05, 0) is 18.9 Å². The summed E-state index contributed by atoms with van der Waals surface area (Å²) in [4.78, 5) is 10.3. The third kappa shape index (κ3) is 2.24. The van der Waals surface area contributed by atoms with Crippen LogP contribution in [0.15, 0.2) is 18.5 Å². The normalized spacial score (nSPS) is 26.7. The molecule has 0 bridgehead atoms. The molecule has 2 heterocycles. The molecule has 5 heteroatoms. The van der Waals surface area contributed by atoms with Gasteiger partial charge >= 0.3 is 0 Å². The molecule has 0 aliphatic carbocycles. The Morgan fingerprint density at radius 3 is 2.87 bits per heavy atom. The Balaban J connectivity index is 2.11. The highest BCUT2D eigenvalue weighted by Gasteiger charge is 2.32. The van der Waals surface area contributed by atoms with Gasteiger partial charge in [-0.25, -0.2) is 9.97 Å². The lowest BCUT2D eigenvalue weighted by atomic mass is 9.93. The first-order valence-corrected chi connectivity index (χ1v) is 5.18. The molecule has 1 aromatic rings. The number of nitrogens with two attached hydrogens (primary N) is 1. The highest BCUT2D eigenvalue weighted by Crippen LogP contribution is 2.22. The summed E-state index contributed by atoms with van der Waals surface area (Å²) in [6, 6.07) is 1.78. The topological polar surface area (TPSA) is 75.3 Å². The first-order chi connectivity index (χ1) is 7.23. The van der Waals surface area contributed by atoms with Crippen molar-refractivity contribution in [1.29, 1.82) is 0 Å². The van der Waals surface area contributed by atoms with Crippen LogP contribution in [-0.4, -0.2) is 40.3 Å². The second kappa shape index (κ2) is 4.12. The highest BCUT2D eigenvalue weighted by molar-refractivity contribution is 5.30. The van der Waals surface area contributed by atoms with Crippen LogP contribution in [-0.2, 0) is 0 Å². The first-order valence-electron chi connectivity index (χ1n) is 5.18. The molecular formula is C10H16N4O. The molecule has 82 valence electrons. The van der Waals surface area contributed by atoms with Crippen LogP contribution in [0.4, 0.5) is 5.95 Å². The van der Waals surface area contributed by atoms with Gasteiger partial charge in [-0.2, -0.15) is 0 Å². The van der Waals surface area contributed by atoms with E-state index in [2.05, 4.69) is 9.97 Å². The van der Waals surface area contributed by atoms with Gasteiger partial charge in [0.2, 0.25) is 5.95 Å². The zero-order valence-electron chi connectivity index (χ0n) is 8.63. The van der Waals surface area contributed by atoms with Crippen LogP contribution < -0.4 is 10.6 Å². The summed E-state index contributed by atoms with van der Waals surface area (Å²) >= 11 is 0. The van der Waals surface area contributed by atoms with Crippen LogP contribution in [0.1, 0.15) is 12.8 Å². The van der Waals surface area contributed by atoms with E-state index in [0.29, 0.717) is 12.5 Å². The Morgan fingerprint density at radius 1 is 1.47 bits per heavy atom. The lowest BCUT2D eigenvalue weighted by Crippen LogP contribution is -2.52. The maximum Gasteiger partial charge on any atom is 0.225 e. The molecule has 1 unspecified atom stereocenters. The molecule has 1 atom stereocenters. The average molecular weight is 208 g/mol. The van der Waals surface area contributed by atoms with Gasteiger partial charge < -0.3 is 15.7 Å². The number of rotatable bonds is 2. The maximum atomic E-state index is 10.1. The summed E-state index contributed by atoms with van der Waals surface area (Å²) in [6.45, 7) is 1.69. The van der Waals surface area contributed by atoms with Crippen LogP contribution in [0.3, 0.4) is 0 Å². The van der Waals surface area contributed by atoms with Crippen molar-refractivity contribution in [3.8, 4) is 0 Å². The number of β-amino-alcohol motifs (C(OH)–C–C–N with tert-alkyl or cyclic N) is 1. The van der Waals surface area contributed by atoms with Crippen molar-refractivity contribution in [2.24, 2.45) is 5.73 Å². The van der Waals surface area contributed by atoms with E-state index in [9.17, 15) is 5.11 Å². The van der Waals surface area contributed by atoms with Crippen molar-refractivity contribution in [2.45, 2.75) is 18.4 Å². The largest absolute Gasteiger partial charge is 0.387 e. The fourth-order valence-corrected chi connectivity index (χ4v) is 1.90. The fraction of sp³-hybridized carbons (Fsp3) is 0.600. The molecule has 2 rings (SSSR count). The fourth-order valence-electron chi connectivity index (χ4n) is 1.90. The maximum absolute atomic E-state index is 10.1. The Labute approximate surface area is 88.9 Å². The number of nitrogens with zero attached hydrogens (tertiary/aromatic N) is 3. The van der Waals surface area contributed by atoms with Crippen LogP contribution in [0, 0.1) is 0 Å². The van der Waals surface area contributed by atoms with Crippen molar-refractivity contribution >= 4 is 5.95 Å². The Kier molecular flexibility index (Phi) is 2.83. The van der Waals surface area contributed by atoms with E-state index >= 15 is 0 Å². The number of aromatic nitrogens is 2. The molecule has 3 N–H and O–H groups in total. The van der Waals surface area contributed by atoms with Crippen molar-refractivity contribution in [3.05, 3.63) is 18.5 Å². The van der Waals surface area contributed by atoms with Crippen molar-refractivity contribution in [3.63, 3.8) is 0 Å². The molecular weight excluding hydrogens is 192 g/mol. The molecule has 1 aromatic heterocycles. The molecule has 1 saturated heterocycles. The van der Waals surface area contributed by atoms with Crippen LogP contribution in [0.25, 0.3) is 0 Å². The zero-order chi connectivity index (χ0) is 10.7. The molecule has 0 saturated carbocycles. The molecule has 1 aliphatic heterocycles. The molecule has 0 radical (unpaired) electrons. The van der Waals surface area contributed by atoms with Gasteiger partial charge in [0.15, 0.2) is 0 Å². The lowest BCUT2D eigenvalue weighted by Gasteiger charge is -2.38. The van der Waals surface area contributed by atoms with E-state index in [1.165, 1.54) is 0 Å². The number of aliphatic hydroxyl groups is 1. The van der Waals surface area contributed by atoms with Gasteiger partial charge in [0, 0.05) is 25.5 Å². The van der Waals surface area contributed by atoms with Crippen LogP contribution in [0.5, 0.6) is 0 Å². The van der Waals surface area contributed by atoms with Gasteiger partial charge in [-0.15, -0.1) is 0 Å². The van der Waals surface area contributed by atoms with E-state index < -0.39 is 5.60 Å². The number of piperidine rings is 1. The van der Waals surface area contributed by atoms with Crippen LogP contribution >= 0.6 is 0 Å². The molecule has 15 heavy (non-hydrogen) atoms. The Bertz CT molecular complexity index is 318. The van der Waals surface area contributed by atoms with Gasteiger partial charge in [0.1, 0.15) is 0 Å². The number of hydrogen-bond donors (Lipinski definition) is 2. The van der Waals surface area contributed by atoms with E-state index in [4.69, 9.17) is 5.73 Å². The van der Waals surface area contributed by atoms with E-state index in [1.54, 1.807) is 18.5 Å². The van der Waals surface area contributed by atoms with Crippen molar-refractivity contribution in [1.82, 2.24) is 9.97 Å². The van der Waals surface area contributed by atoms with E-state index in [-0.39, 0.29) is 6.54 Å². The summed E-state index contributed by atoms with van der Waals surface area (Å²) < 4.78 is 0. The van der Waals surface area contributed by atoms with E-state index in [0.717, 1.165) is 19.4 Å². The smallest absolute Gasteiger partial charge is 0.225 e. The minimum Gasteiger partial charge on any atom is -0.387 e. The van der Waals surface area contributed by atoms with Crippen molar-refractivity contribution < 1.29 is 5.11 Å². The minimum atomic E-state index is -0.780. The number of anilines is 1. The van der Waals surface area contributed by atoms with Gasteiger partial charge in [0.05, 0.1) is 12.1 Å². The molecule has 1 fully saturated rings. The zero-order valence-corrected chi connectivity index (χ0v) is 8.63. The molecule has 0 spiro atoms.